The van der Waals surface area contributed by atoms with Gasteiger partial charge >= 0.3 is 5.97 Å². The summed E-state index contributed by atoms with van der Waals surface area (Å²) >= 11 is 4.89. The van der Waals surface area contributed by atoms with Crippen LogP contribution in [0.3, 0.4) is 0 Å². The lowest BCUT2D eigenvalue weighted by molar-refractivity contribution is -0.145. The Morgan fingerprint density at radius 3 is 2.62 bits per heavy atom. The number of rotatable bonds is 9. The van der Waals surface area contributed by atoms with Gasteiger partial charge in [0.1, 0.15) is 6.04 Å². The maximum atomic E-state index is 12.0. The quantitative estimate of drug-likeness (QED) is 0.601. The van der Waals surface area contributed by atoms with Gasteiger partial charge in [0.25, 0.3) is 5.91 Å². The Balaban J connectivity index is 2.43. The molecule has 1 aromatic carbocycles. The van der Waals surface area contributed by atoms with Gasteiger partial charge in [-0.05, 0) is 46.5 Å². The van der Waals surface area contributed by atoms with Crippen LogP contribution in [-0.2, 0) is 14.3 Å². The van der Waals surface area contributed by atoms with Gasteiger partial charge in [0.15, 0.2) is 0 Å². The molecule has 0 aromatic heterocycles. The van der Waals surface area contributed by atoms with Crippen molar-refractivity contribution in [3.05, 3.63) is 34.3 Å². The number of ether oxygens (including phenoxy) is 1. The topological polar surface area (TPSA) is 84.5 Å². The van der Waals surface area contributed by atoms with E-state index in [4.69, 9.17) is 0 Å². The molecule has 1 rings (SSSR count). The van der Waals surface area contributed by atoms with E-state index >= 15 is 0 Å². The molecule has 1 aromatic rings. The van der Waals surface area contributed by atoms with E-state index in [-0.39, 0.29) is 24.8 Å². The molecule has 8 heteroatoms. The van der Waals surface area contributed by atoms with Crippen molar-refractivity contribution in [2.75, 3.05) is 25.7 Å². The molecule has 0 aliphatic rings. The second-order valence-corrected chi connectivity index (χ2v) is 6.75. The molecule has 0 fully saturated rings. The molecule has 1 atom stereocenters. The first-order valence-corrected chi connectivity index (χ1v) is 9.57. The highest BCUT2D eigenvalue weighted by molar-refractivity contribution is 9.10. The summed E-state index contributed by atoms with van der Waals surface area (Å²) in [4.78, 5) is 35.6. The summed E-state index contributed by atoms with van der Waals surface area (Å²) < 4.78 is 5.38. The zero-order valence-corrected chi connectivity index (χ0v) is 16.0. The number of carbonyl (C=O) groups is 3. The number of amides is 2. The fourth-order valence-electron chi connectivity index (χ4n) is 1.92. The van der Waals surface area contributed by atoms with Gasteiger partial charge in [0.2, 0.25) is 5.91 Å². The van der Waals surface area contributed by atoms with Crippen LogP contribution in [0.4, 0.5) is 0 Å². The number of esters is 1. The normalized spacial score (nSPS) is 11.5. The average Bonchev–Trinajstić information content (AvgIpc) is 2.58. The molecule has 0 heterocycles. The van der Waals surface area contributed by atoms with Crippen LogP contribution in [0, 0.1) is 0 Å². The lowest BCUT2D eigenvalue weighted by Crippen LogP contribution is -2.43. The lowest BCUT2D eigenvalue weighted by Gasteiger charge is -2.16. The van der Waals surface area contributed by atoms with Gasteiger partial charge in [-0.15, -0.1) is 0 Å². The van der Waals surface area contributed by atoms with Crippen molar-refractivity contribution in [2.24, 2.45) is 0 Å². The standard InChI is InChI=1S/C16H21BrN2O4S/c1-23-16(22)13(8-10-24-2)19-14(20)7-9-18-15(21)11-5-3-4-6-12(11)17/h3-6,13H,7-10H2,1-2H3,(H,18,21)(H,19,20)/t13-/m0/s1. The first kappa shape index (κ1) is 20.5. The SMILES string of the molecule is COC(=O)[C@H](CCSC)NC(=O)CCNC(=O)c1ccccc1Br. The Morgan fingerprint density at radius 2 is 2.00 bits per heavy atom. The van der Waals surface area contributed by atoms with E-state index in [0.717, 1.165) is 5.75 Å². The largest absolute Gasteiger partial charge is 0.467 e. The Bertz CT molecular complexity index is 583. The minimum absolute atomic E-state index is 0.0863. The highest BCUT2D eigenvalue weighted by Gasteiger charge is 2.20. The fourth-order valence-corrected chi connectivity index (χ4v) is 2.86. The van der Waals surface area contributed by atoms with E-state index in [2.05, 4.69) is 31.3 Å². The number of hydrogen-bond donors (Lipinski definition) is 2. The molecule has 0 saturated carbocycles. The monoisotopic (exact) mass is 416 g/mol. The van der Waals surface area contributed by atoms with Crippen molar-refractivity contribution in [1.29, 1.82) is 0 Å². The highest BCUT2D eigenvalue weighted by Crippen LogP contribution is 2.15. The summed E-state index contributed by atoms with van der Waals surface area (Å²) in [6.07, 6.45) is 2.51. The van der Waals surface area contributed by atoms with Crippen LogP contribution in [0.15, 0.2) is 28.7 Å². The maximum Gasteiger partial charge on any atom is 0.328 e. The van der Waals surface area contributed by atoms with E-state index in [1.165, 1.54) is 7.11 Å². The molecule has 6 nitrogen and oxygen atoms in total. The van der Waals surface area contributed by atoms with E-state index in [9.17, 15) is 14.4 Å². The molecular formula is C16H21BrN2O4S. The lowest BCUT2D eigenvalue weighted by atomic mass is 10.2. The first-order valence-electron chi connectivity index (χ1n) is 7.38. The third-order valence-electron chi connectivity index (χ3n) is 3.19. The molecule has 0 saturated heterocycles. The summed E-state index contributed by atoms with van der Waals surface area (Å²) in [7, 11) is 1.29. The zero-order chi connectivity index (χ0) is 17.9. The predicted octanol–water partition coefficient (Wildman–Crippen LogP) is 1.98. The number of halogens is 1. The zero-order valence-electron chi connectivity index (χ0n) is 13.6. The number of nitrogens with one attached hydrogen (secondary N) is 2. The molecule has 2 amide bonds. The second-order valence-electron chi connectivity index (χ2n) is 4.91. The van der Waals surface area contributed by atoms with Gasteiger partial charge in [-0.3, -0.25) is 9.59 Å². The van der Waals surface area contributed by atoms with Crippen LogP contribution in [0.5, 0.6) is 0 Å². The van der Waals surface area contributed by atoms with Crippen molar-refractivity contribution in [2.45, 2.75) is 18.9 Å². The van der Waals surface area contributed by atoms with E-state index in [0.29, 0.717) is 16.5 Å². The van der Waals surface area contributed by atoms with Gasteiger partial charge in [-0.2, -0.15) is 11.8 Å². The second kappa shape index (κ2) is 11.1. The third-order valence-corrected chi connectivity index (χ3v) is 4.52. The summed E-state index contributed by atoms with van der Waals surface area (Å²) in [6.45, 7) is 0.183. The van der Waals surface area contributed by atoms with Crippen molar-refractivity contribution in [3.63, 3.8) is 0 Å². The Hall–Kier alpha value is -1.54. The molecule has 0 bridgehead atoms. The highest BCUT2D eigenvalue weighted by atomic mass is 79.9. The number of hydrogen-bond acceptors (Lipinski definition) is 5. The average molecular weight is 417 g/mol. The fraction of sp³-hybridized carbons (Fsp3) is 0.438. The molecule has 0 aliphatic heterocycles. The van der Waals surface area contributed by atoms with Crippen molar-refractivity contribution in [1.82, 2.24) is 10.6 Å². The number of methoxy groups -OCH3 is 1. The van der Waals surface area contributed by atoms with Crippen LogP contribution in [0.25, 0.3) is 0 Å². The number of benzene rings is 1. The molecule has 0 unspecified atom stereocenters. The van der Waals surface area contributed by atoms with E-state index in [1.54, 1.807) is 30.0 Å². The third kappa shape index (κ3) is 6.92. The van der Waals surface area contributed by atoms with Gasteiger partial charge in [0.05, 0.1) is 12.7 Å². The van der Waals surface area contributed by atoms with Crippen LogP contribution < -0.4 is 10.6 Å². The minimum atomic E-state index is -0.658. The molecule has 24 heavy (non-hydrogen) atoms. The number of thioether (sulfide) groups is 1. The van der Waals surface area contributed by atoms with Crippen LogP contribution in [0.1, 0.15) is 23.2 Å². The molecule has 2 N–H and O–H groups in total. The van der Waals surface area contributed by atoms with Crippen molar-refractivity contribution in [3.8, 4) is 0 Å². The van der Waals surface area contributed by atoms with E-state index < -0.39 is 12.0 Å². The Kier molecular flexibility index (Phi) is 9.48. The van der Waals surface area contributed by atoms with Gasteiger partial charge < -0.3 is 15.4 Å². The molecule has 132 valence electrons. The summed E-state index contributed by atoms with van der Waals surface area (Å²) in [5, 5.41) is 5.32. The van der Waals surface area contributed by atoms with Crippen LogP contribution in [-0.4, -0.2) is 49.5 Å². The van der Waals surface area contributed by atoms with Crippen molar-refractivity contribution < 1.29 is 19.1 Å². The summed E-state index contributed by atoms with van der Waals surface area (Å²) in [5.74, 6) is -0.297. The maximum absolute atomic E-state index is 12.0. The Morgan fingerprint density at radius 1 is 1.29 bits per heavy atom. The minimum Gasteiger partial charge on any atom is -0.467 e. The summed E-state index contributed by atoms with van der Waals surface area (Å²) in [5.41, 5.74) is 0.505. The van der Waals surface area contributed by atoms with Gasteiger partial charge in [0, 0.05) is 17.4 Å². The molecule has 0 aliphatic carbocycles. The predicted molar refractivity (Wildman–Crippen MR) is 98.0 cm³/mol. The van der Waals surface area contributed by atoms with E-state index in [1.807, 2.05) is 12.3 Å². The van der Waals surface area contributed by atoms with Crippen LogP contribution >= 0.6 is 27.7 Å². The Labute approximate surface area is 154 Å². The van der Waals surface area contributed by atoms with Gasteiger partial charge in [-0.1, -0.05) is 12.1 Å². The smallest absolute Gasteiger partial charge is 0.328 e. The van der Waals surface area contributed by atoms with Gasteiger partial charge in [-0.25, -0.2) is 4.79 Å². The molecule has 0 spiro atoms. The number of carbonyl (C=O) groups excluding carboxylic acids is 3. The first-order chi connectivity index (χ1) is 11.5. The summed E-state index contributed by atoms with van der Waals surface area (Å²) in [6, 6.07) is 6.38. The molecular weight excluding hydrogens is 396 g/mol. The van der Waals surface area contributed by atoms with Crippen LogP contribution in [0.2, 0.25) is 0 Å². The van der Waals surface area contributed by atoms with Crippen molar-refractivity contribution >= 4 is 45.5 Å². The molecule has 0 radical (unpaired) electrons.